The Bertz CT molecular complexity index is 929. The lowest BCUT2D eigenvalue weighted by atomic mass is 10.2. The minimum atomic E-state index is -4.45. The fourth-order valence-corrected chi connectivity index (χ4v) is 3.00. The van der Waals surface area contributed by atoms with E-state index in [2.05, 4.69) is 20.5 Å². The van der Waals surface area contributed by atoms with Crippen LogP contribution in [0.2, 0.25) is 0 Å². The van der Waals surface area contributed by atoms with E-state index in [1.54, 1.807) is 16.8 Å². The topological polar surface area (TPSA) is 64.7 Å². The molecule has 0 saturated carbocycles. The van der Waals surface area contributed by atoms with Crippen LogP contribution in [0.15, 0.2) is 30.5 Å². The highest BCUT2D eigenvalue weighted by Crippen LogP contribution is 2.29. The van der Waals surface area contributed by atoms with Gasteiger partial charge >= 0.3 is 6.18 Å². The number of hydrogen-bond donors (Lipinski definition) is 0. The van der Waals surface area contributed by atoms with Gasteiger partial charge in [-0.15, -0.1) is 5.10 Å². The second-order valence-electron chi connectivity index (χ2n) is 6.32. The number of aromatic nitrogens is 6. The van der Waals surface area contributed by atoms with E-state index in [4.69, 9.17) is 0 Å². The van der Waals surface area contributed by atoms with Gasteiger partial charge in [0, 0.05) is 19.3 Å². The molecule has 0 fully saturated rings. The number of nitrogens with zero attached hydrogens (tertiary/aromatic N) is 7. The average Bonchev–Trinajstić information content (AvgIpc) is 3.23. The second kappa shape index (κ2) is 6.72. The van der Waals surface area contributed by atoms with Gasteiger partial charge in [0.2, 0.25) is 0 Å². The van der Waals surface area contributed by atoms with Crippen molar-refractivity contribution in [3.8, 4) is 0 Å². The molecule has 3 aromatic rings. The highest BCUT2D eigenvalue weighted by Gasteiger charge is 2.35. The number of rotatable bonds is 4. The minimum Gasteiger partial charge on any atom is -0.332 e. The van der Waals surface area contributed by atoms with Gasteiger partial charge < -0.3 is 4.57 Å². The van der Waals surface area contributed by atoms with Crippen molar-refractivity contribution in [2.45, 2.75) is 32.4 Å². The molecule has 11 heteroatoms. The molecule has 2 aromatic heterocycles. The maximum atomic E-state index is 13.0. The number of fused-ring (bicyclic) bond motifs is 1. The number of alkyl halides is 3. The summed E-state index contributed by atoms with van der Waals surface area (Å²) >= 11 is 0. The van der Waals surface area contributed by atoms with Gasteiger partial charge in [0.25, 0.3) is 0 Å². The van der Waals surface area contributed by atoms with Crippen LogP contribution in [0.3, 0.4) is 0 Å². The second-order valence-corrected chi connectivity index (χ2v) is 6.32. The summed E-state index contributed by atoms with van der Waals surface area (Å²) in [7, 11) is 0. The van der Waals surface area contributed by atoms with Crippen molar-refractivity contribution in [2.75, 3.05) is 6.54 Å². The molecular formula is C16H15F4N7. The molecule has 0 amide bonds. The lowest BCUT2D eigenvalue weighted by Gasteiger charge is -2.26. The molecule has 0 saturated heterocycles. The number of benzene rings is 1. The van der Waals surface area contributed by atoms with Gasteiger partial charge in [-0.2, -0.15) is 13.2 Å². The molecule has 27 heavy (non-hydrogen) atoms. The average molecular weight is 381 g/mol. The van der Waals surface area contributed by atoms with Crippen molar-refractivity contribution in [2.24, 2.45) is 0 Å². The Balaban J connectivity index is 1.46. The van der Waals surface area contributed by atoms with Crippen LogP contribution in [0.5, 0.6) is 0 Å². The Morgan fingerprint density at radius 3 is 2.56 bits per heavy atom. The van der Waals surface area contributed by atoms with E-state index in [0.29, 0.717) is 37.8 Å². The van der Waals surface area contributed by atoms with Gasteiger partial charge in [-0.05, 0) is 28.1 Å². The van der Waals surface area contributed by atoms with Crippen molar-refractivity contribution >= 4 is 0 Å². The largest absolute Gasteiger partial charge is 0.434 e. The number of tetrazole rings is 1. The minimum absolute atomic E-state index is 0.277. The molecule has 0 radical (unpaired) electrons. The standard InChI is InChI=1S/C16H15F4N7/c17-12-3-1-11(2-4-12)7-27-15(22-23-24-27)10-25-5-6-26-8-13(16(18,19)20)21-14(26)9-25/h1-4,8H,5-7,9-10H2. The van der Waals surface area contributed by atoms with Gasteiger partial charge in [-0.25, -0.2) is 14.1 Å². The first-order valence-electron chi connectivity index (χ1n) is 8.23. The Morgan fingerprint density at radius 1 is 1.04 bits per heavy atom. The first-order chi connectivity index (χ1) is 12.9. The summed E-state index contributed by atoms with van der Waals surface area (Å²) in [5.74, 6) is 0.624. The number of halogens is 4. The fraction of sp³-hybridized carbons (Fsp3) is 0.375. The summed E-state index contributed by atoms with van der Waals surface area (Å²) in [5, 5.41) is 11.6. The summed E-state index contributed by atoms with van der Waals surface area (Å²) in [6.45, 7) is 2.01. The molecule has 3 heterocycles. The van der Waals surface area contributed by atoms with Crippen LogP contribution < -0.4 is 0 Å². The SMILES string of the molecule is Fc1ccc(Cn2nnnc2CN2CCn3cc(C(F)(F)F)nc3C2)cc1. The van der Waals surface area contributed by atoms with Crippen LogP contribution in [0, 0.1) is 5.82 Å². The maximum Gasteiger partial charge on any atom is 0.434 e. The molecule has 0 bridgehead atoms. The normalized spacial score (nSPS) is 15.1. The third-order valence-corrected chi connectivity index (χ3v) is 4.39. The van der Waals surface area contributed by atoms with Crippen LogP contribution in [0.4, 0.5) is 17.6 Å². The van der Waals surface area contributed by atoms with E-state index >= 15 is 0 Å². The van der Waals surface area contributed by atoms with Gasteiger partial charge in [-0.1, -0.05) is 12.1 Å². The summed E-state index contributed by atoms with van der Waals surface area (Å²) in [4.78, 5) is 5.64. The molecular weight excluding hydrogens is 366 g/mol. The molecule has 1 aliphatic heterocycles. The van der Waals surface area contributed by atoms with Crippen molar-refractivity contribution in [1.82, 2.24) is 34.7 Å². The zero-order chi connectivity index (χ0) is 19.0. The highest BCUT2D eigenvalue weighted by molar-refractivity contribution is 5.16. The first kappa shape index (κ1) is 17.6. The van der Waals surface area contributed by atoms with E-state index in [-0.39, 0.29) is 12.4 Å². The first-order valence-corrected chi connectivity index (χ1v) is 8.23. The molecule has 0 aliphatic carbocycles. The molecule has 0 atom stereocenters. The van der Waals surface area contributed by atoms with Gasteiger partial charge in [-0.3, -0.25) is 4.90 Å². The van der Waals surface area contributed by atoms with Crippen LogP contribution in [0.1, 0.15) is 22.9 Å². The quantitative estimate of drug-likeness (QED) is 0.648. The molecule has 0 N–H and O–H groups in total. The molecule has 1 aromatic carbocycles. The van der Waals surface area contributed by atoms with E-state index < -0.39 is 11.9 Å². The maximum absolute atomic E-state index is 13.0. The van der Waals surface area contributed by atoms with Crippen LogP contribution in [-0.2, 0) is 32.4 Å². The Labute approximate surface area is 151 Å². The molecule has 142 valence electrons. The van der Waals surface area contributed by atoms with Crippen molar-refractivity contribution < 1.29 is 17.6 Å². The van der Waals surface area contributed by atoms with Crippen molar-refractivity contribution in [3.05, 3.63) is 59.2 Å². The Morgan fingerprint density at radius 2 is 1.81 bits per heavy atom. The third-order valence-electron chi connectivity index (χ3n) is 4.39. The smallest absolute Gasteiger partial charge is 0.332 e. The van der Waals surface area contributed by atoms with Gasteiger partial charge in [0.1, 0.15) is 11.6 Å². The Hall–Kier alpha value is -2.82. The van der Waals surface area contributed by atoms with Gasteiger partial charge in [0.05, 0.1) is 19.6 Å². The summed E-state index contributed by atoms with van der Waals surface area (Å²) in [6.07, 6.45) is -3.40. The predicted molar refractivity (Wildman–Crippen MR) is 84.7 cm³/mol. The number of imidazole rings is 1. The Kier molecular flexibility index (Phi) is 4.38. The zero-order valence-corrected chi connectivity index (χ0v) is 14.1. The molecule has 7 nitrogen and oxygen atoms in total. The summed E-state index contributed by atoms with van der Waals surface area (Å²) in [5.41, 5.74) is -0.0329. The highest BCUT2D eigenvalue weighted by atomic mass is 19.4. The van der Waals surface area contributed by atoms with Crippen LogP contribution in [0.25, 0.3) is 0 Å². The number of hydrogen-bond acceptors (Lipinski definition) is 5. The van der Waals surface area contributed by atoms with E-state index in [9.17, 15) is 17.6 Å². The van der Waals surface area contributed by atoms with Crippen LogP contribution >= 0.6 is 0 Å². The summed E-state index contributed by atoms with van der Waals surface area (Å²) < 4.78 is 54.6. The van der Waals surface area contributed by atoms with Crippen LogP contribution in [-0.4, -0.2) is 41.2 Å². The molecule has 0 unspecified atom stereocenters. The fourth-order valence-electron chi connectivity index (χ4n) is 3.00. The lowest BCUT2D eigenvalue weighted by molar-refractivity contribution is -0.141. The monoisotopic (exact) mass is 381 g/mol. The predicted octanol–water partition coefficient (Wildman–Crippen LogP) is 2.09. The molecule has 1 aliphatic rings. The van der Waals surface area contributed by atoms with Crippen molar-refractivity contribution in [1.29, 1.82) is 0 Å². The summed E-state index contributed by atoms with van der Waals surface area (Å²) in [6, 6.07) is 6.03. The van der Waals surface area contributed by atoms with E-state index in [1.807, 2.05) is 4.90 Å². The zero-order valence-electron chi connectivity index (χ0n) is 14.1. The van der Waals surface area contributed by atoms with Crippen molar-refractivity contribution in [3.63, 3.8) is 0 Å². The molecule has 4 rings (SSSR count). The van der Waals surface area contributed by atoms with E-state index in [0.717, 1.165) is 11.8 Å². The lowest BCUT2D eigenvalue weighted by Crippen LogP contribution is -2.34. The van der Waals surface area contributed by atoms with E-state index in [1.165, 1.54) is 16.7 Å². The van der Waals surface area contributed by atoms with Gasteiger partial charge in [0.15, 0.2) is 11.5 Å². The molecule has 0 spiro atoms. The third kappa shape index (κ3) is 3.82.